The lowest BCUT2D eigenvalue weighted by atomic mass is 10.1. The number of ether oxygens (including phenoxy) is 1. The Labute approximate surface area is 130 Å². The second kappa shape index (κ2) is 7.04. The first-order valence-corrected chi connectivity index (χ1v) is 8.31. The van der Waals surface area contributed by atoms with Gasteiger partial charge in [-0.25, -0.2) is 4.98 Å². The number of thiazole rings is 1. The lowest BCUT2D eigenvalue weighted by molar-refractivity contribution is -0.139. The summed E-state index contributed by atoms with van der Waals surface area (Å²) in [6.07, 6.45) is 0.546. The number of hydrogen-bond donors (Lipinski definition) is 0. The zero-order valence-electron chi connectivity index (χ0n) is 11.8. The standard InChI is InChI=1S/C13H16N2O4S2/c1-8(16)20-6-9-3-11(17)15(5-9)13-14-10(7-21-13)4-12(18)19-2/h7,9H,3-6H2,1-2H3. The van der Waals surface area contributed by atoms with E-state index in [1.807, 2.05) is 0 Å². The molecule has 1 fully saturated rings. The number of carbonyl (C=O) groups excluding carboxylic acids is 3. The number of methoxy groups -OCH3 is 1. The molecule has 1 atom stereocenters. The van der Waals surface area contributed by atoms with Gasteiger partial charge in [-0.3, -0.25) is 19.3 Å². The minimum absolute atomic E-state index is 0.0168. The molecule has 1 amide bonds. The highest BCUT2D eigenvalue weighted by atomic mass is 32.2. The first-order chi connectivity index (χ1) is 9.99. The zero-order chi connectivity index (χ0) is 15.4. The summed E-state index contributed by atoms with van der Waals surface area (Å²) in [6.45, 7) is 2.10. The molecule has 21 heavy (non-hydrogen) atoms. The fourth-order valence-corrected chi connectivity index (χ4v) is 3.58. The van der Waals surface area contributed by atoms with Crippen LogP contribution in [0.3, 0.4) is 0 Å². The number of aromatic nitrogens is 1. The van der Waals surface area contributed by atoms with Gasteiger partial charge in [-0.1, -0.05) is 11.8 Å². The summed E-state index contributed by atoms with van der Waals surface area (Å²) in [7, 11) is 1.33. The van der Waals surface area contributed by atoms with Crippen molar-refractivity contribution in [3.8, 4) is 0 Å². The molecule has 0 N–H and O–H groups in total. The molecule has 114 valence electrons. The van der Waals surface area contributed by atoms with Crippen molar-refractivity contribution in [1.82, 2.24) is 4.98 Å². The molecule has 1 unspecified atom stereocenters. The molecule has 1 aliphatic rings. The first-order valence-electron chi connectivity index (χ1n) is 6.44. The van der Waals surface area contributed by atoms with Gasteiger partial charge in [0.25, 0.3) is 0 Å². The van der Waals surface area contributed by atoms with E-state index in [2.05, 4.69) is 9.72 Å². The van der Waals surface area contributed by atoms with Crippen LogP contribution in [0.4, 0.5) is 5.13 Å². The van der Waals surface area contributed by atoms with Crippen LogP contribution in [0, 0.1) is 5.92 Å². The quantitative estimate of drug-likeness (QED) is 0.762. The molecular weight excluding hydrogens is 312 g/mol. The van der Waals surface area contributed by atoms with Crippen LogP contribution >= 0.6 is 23.1 Å². The molecule has 2 heterocycles. The lowest BCUT2D eigenvalue weighted by Gasteiger charge is -2.12. The highest BCUT2D eigenvalue weighted by Gasteiger charge is 2.32. The van der Waals surface area contributed by atoms with Crippen molar-refractivity contribution in [2.75, 3.05) is 24.3 Å². The molecule has 0 spiro atoms. The number of rotatable bonds is 5. The molecule has 1 aromatic heterocycles. The van der Waals surface area contributed by atoms with Crippen LogP contribution in [0.1, 0.15) is 19.0 Å². The number of anilines is 1. The molecule has 0 radical (unpaired) electrons. The predicted octanol–water partition coefficient (Wildman–Crippen LogP) is 1.49. The van der Waals surface area contributed by atoms with Gasteiger partial charge in [0.05, 0.1) is 19.2 Å². The van der Waals surface area contributed by atoms with E-state index >= 15 is 0 Å². The van der Waals surface area contributed by atoms with Gasteiger partial charge in [-0.05, 0) is 5.92 Å². The highest BCUT2D eigenvalue weighted by molar-refractivity contribution is 8.13. The molecule has 0 aromatic carbocycles. The fourth-order valence-electron chi connectivity index (χ4n) is 2.03. The zero-order valence-corrected chi connectivity index (χ0v) is 13.5. The Morgan fingerprint density at radius 2 is 2.33 bits per heavy atom. The van der Waals surface area contributed by atoms with E-state index in [0.29, 0.717) is 29.5 Å². The van der Waals surface area contributed by atoms with Crippen LogP contribution < -0.4 is 4.90 Å². The maximum Gasteiger partial charge on any atom is 0.311 e. The van der Waals surface area contributed by atoms with Crippen LogP contribution in [0.15, 0.2) is 5.38 Å². The third-order valence-electron chi connectivity index (χ3n) is 3.05. The molecule has 0 aliphatic carbocycles. The molecule has 2 rings (SSSR count). The summed E-state index contributed by atoms with van der Waals surface area (Å²) in [5, 5.41) is 2.43. The molecule has 0 bridgehead atoms. The van der Waals surface area contributed by atoms with Gasteiger partial charge in [0.2, 0.25) is 5.91 Å². The highest BCUT2D eigenvalue weighted by Crippen LogP contribution is 2.29. The molecule has 0 saturated carbocycles. The number of carbonyl (C=O) groups is 3. The Morgan fingerprint density at radius 1 is 1.57 bits per heavy atom. The van der Waals surface area contributed by atoms with E-state index in [4.69, 9.17) is 0 Å². The second-order valence-electron chi connectivity index (χ2n) is 4.75. The van der Waals surface area contributed by atoms with Gasteiger partial charge in [-0.2, -0.15) is 0 Å². The second-order valence-corrected chi connectivity index (χ2v) is 6.78. The Morgan fingerprint density at radius 3 is 3.00 bits per heavy atom. The average Bonchev–Trinajstić information content (AvgIpc) is 3.02. The van der Waals surface area contributed by atoms with Crippen molar-refractivity contribution < 1.29 is 19.1 Å². The minimum Gasteiger partial charge on any atom is -0.469 e. The minimum atomic E-state index is -0.352. The van der Waals surface area contributed by atoms with Crippen molar-refractivity contribution >= 4 is 45.2 Å². The Bertz CT molecular complexity index is 558. The van der Waals surface area contributed by atoms with E-state index in [-0.39, 0.29) is 29.3 Å². The van der Waals surface area contributed by atoms with Gasteiger partial charge in [-0.15, -0.1) is 11.3 Å². The lowest BCUT2D eigenvalue weighted by Crippen LogP contribution is -2.24. The van der Waals surface area contributed by atoms with Gasteiger partial charge < -0.3 is 4.74 Å². The Hall–Kier alpha value is -1.41. The maximum absolute atomic E-state index is 12.0. The Balaban J connectivity index is 1.97. The normalized spacial score (nSPS) is 18.1. The van der Waals surface area contributed by atoms with E-state index in [9.17, 15) is 14.4 Å². The summed E-state index contributed by atoms with van der Waals surface area (Å²) in [6, 6.07) is 0. The van der Waals surface area contributed by atoms with Crippen LogP contribution in [-0.4, -0.2) is 41.4 Å². The van der Waals surface area contributed by atoms with Crippen LogP contribution in [0.5, 0.6) is 0 Å². The van der Waals surface area contributed by atoms with Crippen molar-refractivity contribution in [1.29, 1.82) is 0 Å². The molecular formula is C13H16N2O4S2. The summed E-state index contributed by atoms with van der Waals surface area (Å²) < 4.78 is 4.59. The number of amides is 1. The van der Waals surface area contributed by atoms with Crippen LogP contribution in [0.25, 0.3) is 0 Å². The predicted molar refractivity (Wildman–Crippen MR) is 81.4 cm³/mol. The van der Waals surface area contributed by atoms with Gasteiger partial charge in [0.15, 0.2) is 10.2 Å². The Kier molecular flexibility index (Phi) is 5.35. The average molecular weight is 328 g/mol. The number of hydrogen-bond acceptors (Lipinski definition) is 7. The van der Waals surface area contributed by atoms with E-state index < -0.39 is 0 Å². The number of nitrogens with zero attached hydrogens (tertiary/aromatic N) is 2. The van der Waals surface area contributed by atoms with Gasteiger partial charge in [0, 0.05) is 31.0 Å². The smallest absolute Gasteiger partial charge is 0.311 e. The molecule has 1 saturated heterocycles. The topological polar surface area (TPSA) is 76.6 Å². The summed E-state index contributed by atoms with van der Waals surface area (Å²) in [5.41, 5.74) is 0.608. The van der Waals surface area contributed by atoms with Crippen LogP contribution in [-0.2, 0) is 25.5 Å². The summed E-state index contributed by atoms with van der Waals surface area (Å²) >= 11 is 2.59. The monoisotopic (exact) mass is 328 g/mol. The fraction of sp³-hybridized carbons (Fsp3) is 0.538. The third-order valence-corrected chi connectivity index (χ3v) is 5.01. The van der Waals surface area contributed by atoms with Crippen molar-refractivity contribution in [2.45, 2.75) is 19.8 Å². The van der Waals surface area contributed by atoms with Gasteiger partial charge in [0.1, 0.15) is 0 Å². The first kappa shape index (κ1) is 16.0. The summed E-state index contributed by atoms with van der Waals surface area (Å²) in [5.74, 6) is 0.482. The number of thioether (sulfide) groups is 1. The number of esters is 1. The van der Waals surface area contributed by atoms with Crippen molar-refractivity contribution in [2.24, 2.45) is 5.92 Å². The molecule has 8 heteroatoms. The van der Waals surface area contributed by atoms with E-state index in [1.165, 1.54) is 37.1 Å². The molecule has 6 nitrogen and oxygen atoms in total. The molecule has 1 aromatic rings. The maximum atomic E-state index is 12.0. The third kappa shape index (κ3) is 4.28. The van der Waals surface area contributed by atoms with Gasteiger partial charge >= 0.3 is 5.97 Å². The molecule has 1 aliphatic heterocycles. The van der Waals surface area contributed by atoms with E-state index in [1.54, 1.807) is 10.3 Å². The van der Waals surface area contributed by atoms with Crippen molar-refractivity contribution in [3.05, 3.63) is 11.1 Å². The van der Waals surface area contributed by atoms with E-state index in [0.717, 1.165) is 0 Å². The largest absolute Gasteiger partial charge is 0.469 e. The summed E-state index contributed by atoms with van der Waals surface area (Å²) in [4.78, 5) is 40.2. The van der Waals surface area contributed by atoms with Crippen LogP contribution in [0.2, 0.25) is 0 Å². The van der Waals surface area contributed by atoms with Crippen molar-refractivity contribution in [3.63, 3.8) is 0 Å². The SMILES string of the molecule is COC(=O)Cc1csc(N2CC(CSC(C)=O)CC2=O)n1.